The van der Waals surface area contributed by atoms with Gasteiger partial charge >= 0.3 is 0 Å². The number of nitrogens with one attached hydrogen (secondary N) is 1. The fourth-order valence-electron chi connectivity index (χ4n) is 3.47. The van der Waals surface area contributed by atoms with Crippen molar-refractivity contribution in [1.82, 2.24) is 29.5 Å². The van der Waals surface area contributed by atoms with Crippen LogP contribution in [0.3, 0.4) is 0 Å². The van der Waals surface area contributed by atoms with Crippen LogP contribution in [0.1, 0.15) is 19.3 Å². The fourth-order valence-corrected chi connectivity index (χ4v) is 3.47. The molecule has 1 aliphatic heterocycles. The maximum atomic E-state index is 11.6. The van der Waals surface area contributed by atoms with E-state index in [1.165, 1.54) is 11.1 Å². The molecule has 1 atom stereocenters. The van der Waals surface area contributed by atoms with Gasteiger partial charge < -0.3 is 10.2 Å². The summed E-state index contributed by atoms with van der Waals surface area (Å²) in [5.74, 6) is 1.63. The van der Waals surface area contributed by atoms with Gasteiger partial charge in [-0.25, -0.2) is 14.6 Å². The zero-order valence-electron chi connectivity index (χ0n) is 15.0. The number of fused-ring (bicyclic) bond motifs is 1. The third kappa shape index (κ3) is 3.00. The number of aryl methyl sites for hydroxylation is 2. The summed E-state index contributed by atoms with van der Waals surface area (Å²) < 4.78 is 3.13. The molecule has 1 N–H and O–H groups in total. The normalized spacial score (nSPS) is 17.6. The molecule has 0 radical (unpaired) electrons. The average molecular weight is 354 g/mol. The summed E-state index contributed by atoms with van der Waals surface area (Å²) in [6.07, 6.45) is 6.71. The molecule has 136 valence electrons. The standard InChI is InChI=1S/C17H22N8O/c1-23-15(26)7-6-14(22-23)25-8-4-3-5-12(25)9-18-16-13-10-21-24(2)17(13)20-11-19-16/h6-7,10-12H,3-5,8-9H2,1-2H3,(H,18,19,20). The van der Waals surface area contributed by atoms with Gasteiger partial charge in [-0.15, -0.1) is 0 Å². The Balaban J connectivity index is 1.55. The Morgan fingerprint density at radius 2 is 2.08 bits per heavy atom. The van der Waals surface area contributed by atoms with Crippen LogP contribution in [0, 0.1) is 0 Å². The van der Waals surface area contributed by atoms with Crippen LogP contribution in [0.2, 0.25) is 0 Å². The van der Waals surface area contributed by atoms with Crippen molar-refractivity contribution in [3.8, 4) is 0 Å². The summed E-state index contributed by atoms with van der Waals surface area (Å²) in [5, 5.41) is 13.0. The minimum Gasteiger partial charge on any atom is -0.367 e. The summed E-state index contributed by atoms with van der Waals surface area (Å²) in [7, 11) is 3.55. The lowest BCUT2D eigenvalue weighted by atomic mass is 10.0. The number of nitrogens with zero attached hydrogens (tertiary/aromatic N) is 7. The molecule has 0 bridgehead atoms. The zero-order valence-corrected chi connectivity index (χ0v) is 15.0. The van der Waals surface area contributed by atoms with E-state index in [2.05, 4.69) is 30.4 Å². The third-order valence-corrected chi connectivity index (χ3v) is 4.90. The maximum Gasteiger partial charge on any atom is 0.266 e. The molecule has 0 aliphatic carbocycles. The highest BCUT2D eigenvalue weighted by Crippen LogP contribution is 2.24. The molecule has 4 heterocycles. The topological polar surface area (TPSA) is 93.8 Å². The van der Waals surface area contributed by atoms with Gasteiger partial charge in [0.15, 0.2) is 5.65 Å². The van der Waals surface area contributed by atoms with E-state index in [9.17, 15) is 4.79 Å². The molecule has 1 fully saturated rings. The van der Waals surface area contributed by atoms with Gasteiger partial charge in [-0.1, -0.05) is 0 Å². The van der Waals surface area contributed by atoms with Crippen LogP contribution in [0.15, 0.2) is 29.5 Å². The van der Waals surface area contributed by atoms with E-state index in [1.54, 1.807) is 30.3 Å². The molecule has 3 aromatic rings. The molecule has 0 amide bonds. The van der Waals surface area contributed by atoms with Crippen molar-refractivity contribution in [3.05, 3.63) is 35.0 Å². The van der Waals surface area contributed by atoms with E-state index >= 15 is 0 Å². The van der Waals surface area contributed by atoms with Crippen LogP contribution >= 0.6 is 0 Å². The second kappa shape index (κ2) is 6.74. The monoisotopic (exact) mass is 354 g/mol. The molecule has 26 heavy (non-hydrogen) atoms. The van der Waals surface area contributed by atoms with Gasteiger partial charge in [0.05, 0.1) is 11.6 Å². The molecular weight excluding hydrogens is 332 g/mol. The third-order valence-electron chi connectivity index (χ3n) is 4.90. The molecule has 0 aromatic carbocycles. The fraction of sp³-hybridized carbons (Fsp3) is 0.471. The molecule has 0 spiro atoms. The first kappa shape index (κ1) is 16.5. The molecule has 1 aliphatic rings. The Morgan fingerprint density at radius 1 is 1.19 bits per heavy atom. The summed E-state index contributed by atoms with van der Waals surface area (Å²) in [5.41, 5.74) is 0.711. The summed E-state index contributed by atoms with van der Waals surface area (Å²) >= 11 is 0. The van der Waals surface area contributed by atoms with Gasteiger partial charge in [-0.2, -0.15) is 10.2 Å². The van der Waals surface area contributed by atoms with E-state index in [0.717, 1.165) is 48.6 Å². The predicted molar refractivity (Wildman–Crippen MR) is 99.3 cm³/mol. The van der Waals surface area contributed by atoms with Crippen LogP contribution in [-0.4, -0.2) is 48.7 Å². The molecule has 3 aromatic heterocycles. The van der Waals surface area contributed by atoms with Crippen LogP contribution in [0.5, 0.6) is 0 Å². The second-order valence-corrected chi connectivity index (χ2v) is 6.61. The summed E-state index contributed by atoms with van der Waals surface area (Å²) in [6, 6.07) is 3.67. The Bertz CT molecular complexity index is 978. The molecular formula is C17H22N8O. The number of aromatic nitrogens is 6. The summed E-state index contributed by atoms with van der Waals surface area (Å²) in [4.78, 5) is 22.5. The van der Waals surface area contributed by atoms with Crippen molar-refractivity contribution < 1.29 is 0 Å². The van der Waals surface area contributed by atoms with Crippen LogP contribution in [0.25, 0.3) is 11.0 Å². The molecule has 9 heteroatoms. The molecule has 4 rings (SSSR count). The highest BCUT2D eigenvalue weighted by Gasteiger charge is 2.24. The van der Waals surface area contributed by atoms with Crippen molar-refractivity contribution in [1.29, 1.82) is 0 Å². The number of piperidine rings is 1. The van der Waals surface area contributed by atoms with E-state index in [0.29, 0.717) is 0 Å². The molecule has 1 saturated heterocycles. The van der Waals surface area contributed by atoms with Gasteiger partial charge in [0.2, 0.25) is 0 Å². The first-order chi connectivity index (χ1) is 12.6. The highest BCUT2D eigenvalue weighted by atomic mass is 16.1. The van der Waals surface area contributed by atoms with Crippen molar-refractivity contribution in [3.63, 3.8) is 0 Å². The summed E-state index contributed by atoms with van der Waals surface area (Å²) in [6.45, 7) is 1.68. The van der Waals surface area contributed by atoms with Crippen LogP contribution < -0.4 is 15.8 Å². The van der Waals surface area contributed by atoms with E-state index in [-0.39, 0.29) is 11.6 Å². The van der Waals surface area contributed by atoms with E-state index < -0.39 is 0 Å². The first-order valence-electron chi connectivity index (χ1n) is 8.81. The Labute approximate surface area is 150 Å². The van der Waals surface area contributed by atoms with Gasteiger partial charge in [0, 0.05) is 39.3 Å². The molecule has 9 nitrogen and oxygen atoms in total. The smallest absolute Gasteiger partial charge is 0.266 e. The van der Waals surface area contributed by atoms with Gasteiger partial charge in [-0.05, 0) is 25.3 Å². The quantitative estimate of drug-likeness (QED) is 0.745. The minimum absolute atomic E-state index is 0.0969. The molecule has 1 unspecified atom stereocenters. The zero-order chi connectivity index (χ0) is 18.1. The SMILES string of the molecule is Cn1nc(N2CCCCC2CNc2ncnc3c2cnn3C)ccc1=O. The highest BCUT2D eigenvalue weighted by molar-refractivity contribution is 5.85. The number of rotatable bonds is 4. The van der Waals surface area contributed by atoms with Crippen LogP contribution in [0.4, 0.5) is 11.6 Å². The van der Waals surface area contributed by atoms with Crippen molar-refractivity contribution in [2.75, 3.05) is 23.3 Å². The maximum absolute atomic E-state index is 11.6. The number of hydrogen-bond acceptors (Lipinski definition) is 7. The predicted octanol–water partition coefficient (Wildman–Crippen LogP) is 0.928. The van der Waals surface area contributed by atoms with E-state index in [4.69, 9.17) is 0 Å². The average Bonchev–Trinajstić information content (AvgIpc) is 3.04. The minimum atomic E-state index is -0.0969. The largest absolute Gasteiger partial charge is 0.367 e. The molecule has 0 saturated carbocycles. The Kier molecular flexibility index (Phi) is 4.27. The second-order valence-electron chi connectivity index (χ2n) is 6.61. The van der Waals surface area contributed by atoms with Crippen molar-refractivity contribution in [2.24, 2.45) is 14.1 Å². The van der Waals surface area contributed by atoms with Gasteiger partial charge in [-0.3, -0.25) is 9.48 Å². The Hall–Kier alpha value is -2.97. The number of hydrogen-bond donors (Lipinski definition) is 1. The number of anilines is 2. The van der Waals surface area contributed by atoms with Gasteiger partial charge in [0.1, 0.15) is 18.0 Å². The van der Waals surface area contributed by atoms with Crippen molar-refractivity contribution >= 4 is 22.7 Å². The van der Waals surface area contributed by atoms with Crippen LogP contribution in [-0.2, 0) is 14.1 Å². The lowest BCUT2D eigenvalue weighted by molar-refractivity contribution is 0.464. The lowest BCUT2D eigenvalue weighted by Crippen LogP contribution is -2.45. The lowest BCUT2D eigenvalue weighted by Gasteiger charge is -2.36. The van der Waals surface area contributed by atoms with Crippen molar-refractivity contribution in [2.45, 2.75) is 25.3 Å². The first-order valence-corrected chi connectivity index (χ1v) is 8.81. The Morgan fingerprint density at radius 3 is 2.92 bits per heavy atom. The van der Waals surface area contributed by atoms with Gasteiger partial charge in [0.25, 0.3) is 5.56 Å². The van der Waals surface area contributed by atoms with E-state index in [1.807, 2.05) is 13.1 Å².